The van der Waals surface area contributed by atoms with E-state index in [1.165, 1.54) is 11.6 Å². The van der Waals surface area contributed by atoms with Crippen LogP contribution in [0.3, 0.4) is 0 Å². The van der Waals surface area contributed by atoms with Crippen molar-refractivity contribution < 1.29 is 4.79 Å². The van der Waals surface area contributed by atoms with Crippen molar-refractivity contribution in [2.75, 3.05) is 5.32 Å². The lowest BCUT2D eigenvalue weighted by Crippen LogP contribution is -2.10. The Morgan fingerprint density at radius 1 is 1.04 bits per heavy atom. The van der Waals surface area contributed by atoms with Crippen molar-refractivity contribution in [2.24, 2.45) is 0 Å². The SMILES string of the molecule is C=CC(=O)Nc1ccc2ccc(-c3ccc(C(C)(C)C)cc3)nc2c1. The molecule has 0 saturated carbocycles. The van der Waals surface area contributed by atoms with Crippen LogP contribution in [0, 0.1) is 0 Å². The van der Waals surface area contributed by atoms with Gasteiger partial charge in [-0.1, -0.05) is 63.7 Å². The Bertz CT molecular complexity index is 934. The van der Waals surface area contributed by atoms with E-state index in [1.54, 1.807) is 0 Å². The smallest absolute Gasteiger partial charge is 0.247 e. The molecule has 0 aliphatic heterocycles. The number of benzene rings is 2. The maximum Gasteiger partial charge on any atom is 0.247 e. The van der Waals surface area contributed by atoms with E-state index in [0.717, 1.165) is 22.2 Å². The molecule has 1 N–H and O–H groups in total. The molecule has 1 amide bonds. The summed E-state index contributed by atoms with van der Waals surface area (Å²) in [6.45, 7) is 10.1. The molecule has 0 fully saturated rings. The van der Waals surface area contributed by atoms with E-state index < -0.39 is 0 Å². The molecule has 3 rings (SSSR count). The first-order chi connectivity index (χ1) is 11.9. The highest BCUT2D eigenvalue weighted by molar-refractivity contribution is 6.00. The van der Waals surface area contributed by atoms with Crippen LogP contribution < -0.4 is 5.32 Å². The molecule has 1 aromatic heterocycles. The first-order valence-electron chi connectivity index (χ1n) is 8.32. The fraction of sp³-hybridized carbons (Fsp3) is 0.182. The van der Waals surface area contributed by atoms with Gasteiger partial charge in [0.15, 0.2) is 0 Å². The Kier molecular flexibility index (Phi) is 4.41. The van der Waals surface area contributed by atoms with Gasteiger partial charge in [-0.2, -0.15) is 0 Å². The highest BCUT2D eigenvalue weighted by Crippen LogP contribution is 2.27. The largest absolute Gasteiger partial charge is 0.322 e. The summed E-state index contributed by atoms with van der Waals surface area (Å²) in [7, 11) is 0. The van der Waals surface area contributed by atoms with Crippen LogP contribution in [0.4, 0.5) is 5.69 Å². The average molecular weight is 330 g/mol. The van der Waals surface area contributed by atoms with Gasteiger partial charge < -0.3 is 5.32 Å². The molecule has 0 unspecified atom stereocenters. The van der Waals surface area contributed by atoms with Crippen molar-refractivity contribution in [3.8, 4) is 11.3 Å². The molecule has 3 nitrogen and oxygen atoms in total. The zero-order chi connectivity index (χ0) is 18.0. The third kappa shape index (κ3) is 3.77. The van der Waals surface area contributed by atoms with E-state index in [2.05, 4.69) is 63.0 Å². The van der Waals surface area contributed by atoms with Crippen LogP contribution in [0.5, 0.6) is 0 Å². The van der Waals surface area contributed by atoms with Crippen LogP contribution in [0.15, 0.2) is 67.3 Å². The van der Waals surface area contributed by atoms with Crippen LogP contribution >= 0.6 is 0 Å². The minimum absolute atomic E-state index is 0.133. The number of nitrogens with one attached hydrogen (secondary N) is 1. The number of anilines is 1. The number of pyridine rings is 1. The number of fused-ring (bicyclic) bond motifs is 1. The zero-order valence-corrected chi connectivity index (χ0v) is 14.8. The molecular formula is C22H22N2O. The number of carbonyl (C=O) groups excluding carboxylic acids is 1. The topological polar surface area (TPSA) is 42.0 Å². The zero-order valence-electron chi connectivity index (χ0n) is 14.8. The van der Waals surface area contributed by atoms with Gasteiger partial charge in [0, 0.05) is 16.6 Å². The third-order valence-electron chi connectivity index (χ3n) is 4.19. The highest BCUT2D eigenvalue weighted by atomic mass is 16.1. The molecule has 0 radical (unpaired) electrons. The Morgan fingerprint density at radius 2 is 1.72 bits per heavy atom. The molecule has 0 aliphatic rings. The van der Waals surface area contributed by atoms with Gasteiger partial charge in [-0.25, -0.2) is 4.98 Å². The molecule has 3 heteroatoms. The van der Waals surface area contributed by atoms with Gasteiger partial charge in [-0.3, -0.25) is 4.79 Å². The summed E-state index contributed by atoms with van der Waals surface area (Å²) in [4.78, 5) is 16.2. The maximum absolute atomic E-state index is 11.5. The minimum atomic E-state index is -0.228. The van der Waals surface area contributed by atoms with Crippen LogP contribution in [-0.2, 0) is 10.2 Å². The molecule has 25 heavy (non-hydrogen) atoms. The Labute approximate surface area is 148 Å². The fourth-order valence-corrected chi connectivity index (χ4v) is 2.69. The first-order valence-corrected chi connectivity index (χ1v) is 8.32. The van der Waals surface area contributed by atoms with Gasteiger partial charge in [0.2, 0.25) is 5.91 Å². The average Bonchev–Trinajstić information content (AvgIpc) is 2.60. The van der Waals surface area contributed by atoms with Crippen LogP contribution in [0.25, 0.3) is 22.2 Å². The monoisotopic (exact) mass is 330 g/mol. The summed E-state index contributed by atoms with van der Waals surface area (Å²) < 4.78 is 0. The highest BCUT2D eigenvalue weighted by Gasteiger charge is 2.13. The number of hydrogen-bond acceptors (Lipinski definition) is 2. The predicted octanol–water partition coefficient (Wildman–Crippen LogP) is 5.32. The lowest BCUT2D eigenvalue weighted by Gasteiger charge is -2.19. The minimum Gasteiger partial charge on any atom is -0.322 e. The second-order valence-electron chi connectivity index (χ2n) is 7.12. The van der Waals surface area contributed by atoms with E-state index in [9.17, 15) is 4.79 Å². The number of amides is 1. The Hall–Kier alpha value is -2.94. The summed E-state index contributed by atoms with van der Waals surface area (Å²) in [5, 5.41) is 3.80. The number of aromatic nitrogens is 1. The fourth-order valence-electron chi connectivity index (χ4n) is 2.69. The molecule has 0 saturated heterocycles. The maximum atomic E-state index is 11.5. The van der Waals surface area contributed by atoms with Gasteiger partial charge >= 0.3 is 0 Å². The van der Waals surface area contributed by atoms with Gasteiger partial charge in [0.05, 0.1) is 11.2 Å². The summed E-state index contributed by atoms with van der Waals surface area (Å²) >= 11 is 0. The normalized spacial score (nSPS) is 11.3. The molecule has 1 heterocycles. The molecule has 2 aromatic carbocycles. The Balaban J connectivity index is 1.96. The molecule has 0 spiro atoms. The van der Waals surface area contributed by atoms with Crippen molar-refractivity contribution in [3.63, 3.8) is 0 Å². The number of hydrogen-bond donors (Lipinski definition) is 1. The summed E-state index contributed by atoms with van der Waals surface area (Å²) in [6.07, 6.45) is 1.25. The van der Waals surface area contributed by atoms with E-state index >= 15 is 0 Å². The van der Waals surface area contributed by atoms with E-state index in [0.29, 0.717) is 5.69 Å². The van der Waals surface area contributed by atoms with Crippen molar-refractivity contribution in [2.45, 2.75) is 26.2 Å². The number of carbonyl (C=O) groups is 1. The molecule has 3 aromatic rings. The second kappa shape index (κ2) is 6.52. The van der Waals surface area contributed by atoms with Crippen molar-refractivity contribution in [1.82, 2.24) is 4.98 Å². The number of rotatable bonds is 3. The number of nitrogens with zero attached hydrogens (tertiary/aromatic N) is 1. The van der Waals surface area contributed by atoms with Gasteiger partial charge in [0.25, 0.3) is 0 Å². The standard InChI is InChI=1S/C22H22N2O/c1-5-21(25)23-18-12-8-16-9-13-19(24-20(16)14-18)15-6-10-17(11-7-15)22(2,3)4/h5-14H,1H2,2-4H3,(H,23,25). The quantitative estimate of drug-likeness (QED) is 0.660. The van der Waals surface area contributed by atoms with Crippen molar-refractivity contribution in [3.05, 3.63) is 72.8 Å². The van der Waals surface area contributed by atoms with Crippen LogP contribution in [0.2, 0.25) is 0 Å². The summed E-state index contributed by atoms with van der Waals surface area (Å²) in [5.41, 5.74) is 4.99. The first kappa shape index (κ1) is 16.9. The van der Waals surface area contributed by atoms with E-state index in [-0.39, 0.29) is 11.3 Å². The van der Waals surface area contributed by atoms with Crippen molar-refractivity contribution >= 4 is 22.5 Å². The summed E-state index contributed by atoms with van der Waals surface area (Å²) in [5.74, 6) is -0.228. The molecule has 0 aliphatic carbocycles. The van der Waals surface area contributed by atoms with Gasteiger partial charge in [-0.05, 0) is 35.3 Å². The lowest BCUT2D eigenvalue weighted by atomic mass is 9.86. The van der Waals surface area contributed by atoms with Crippen LogP contribution in [0.1, 0.15) is 26.3 Å². The molecule has 0 bridgehead atoms. The Morgan fingerprint density at radius 3 is 2.36 bits per heavy atom. The van der Waals surface area contributed by atoms with Gasteiger partial charge in [0.1, 0.15) is 0 Å². The summed E-state index contributed by atoms with van der Waals surface area (Å²) in [6, 6.07) is 18.3. The van der Waals surface area contributed by atoms with E-state index in [1.807, 2.05) is 24.3 Å². The molecule has 0 atom stereocenters. The lowest BCUT2D eigenvalue weighted by molar-refractivity contribution is -0.111. The van der Waals surface area contributed by atoms with Crippen molar-refractivity contribution in [1.29, 1.82) is 0 Å². The molecular weight excluding hydrogens is 308 g/mol. The third-order valence-corrected chi connectivity index (χ3v) is 4.19. The second-order valence-corrected chi connectivity index (χ2v) is 7.12. The van der Waals surface area contributed by atoms with Gasteiger partial charge in [-0.15, -0.1) is 0 Å². The molecule has 126 valence electrons. The van der Waals surface area contributed by atoms with Crippen LogP contribution in [-0.4, -0.2) is 10.9 Å². The predicted molar refractivity (Wildman–Crippen MR) is 105 cm³/mol. The van der Waals surface area contributed by atoms with E-state index in [4.69, 9.17) is 4.98 Å².